The van der Waals surface area contributed by atoms with Gasteiger partial charge in [-0.2, -0.15) is 0 Å². The van der Waals surface area contributed by atoms with Crippen LogP contribution in [0.2, 0.25) is 0 Å². The van der Waals surface area contributed by atoms with Gasteiger partial charge in [-0.1, -0.05) is 6.92 Å². The third kappa shape index (κ3) is 4.44. The summed E-state index contributed by atoms with van der Waals surface area (Å²) in [5, 5.41) is 0. The van der Waals surface area contributed by atoms with Crippen LogP contribution in [0.4, 0.5) is 0 Å². The van der Waals surface area contributed by atoms with Crippen molar-refractivity contribution in [2.45, 2.75) is 20.3 Å². The number of carbonyl (C=O) groups excluding carboxylic acids is 1. The Labute approximate surface area is 66.7 Å². The monoisotopic (exact) mass is 160 g/mol. The third-order valence-corrected chi connectivity index (χ3v) is 1.38. The third-order valence-electron chi connectivity index (χ3n) is 0.933. The van der Waals surface area contributed by atoms with E-state index in [1.807, 2.05) is 6.92 Å². The Kier molecular flexibility index (Phi) is 5.12. The van der Waals surface area contributed by atoms with Crippen molar-refractivity contribution in [3.8, 4) is 0 Å². The second-order valence-corrected chi connectivity index (χ2v) is 2.32. The van der Waals surface area contributed by atoms with Gasteiger partial charge in [-0.3, -0.25) is 0 Å². The topological polar surface area (TPSA) is 26.3 Å². The predicted octanol–water partition coefficient (Wildman–Crippen LogP) is 1.77. The molecular formula is C7H12O2S. The molecule has 0 bridgehead atoms. The van der Waals surface area contributed by atoms with Crippen molar-refractivity contribution >= 4 is 18.6 Å². The smallest absolute Gasteiger partial charge is 0.331 e. The summed E-state index contributed by atoms with van der Waals surface area (Å²) in [6.45, 7) is 4.12. The summed E-state index contributed by atoms with van der Waals surface area (Å²) in [5.41, 5.74) is 0. The summed E-state index contributed by atoms with van der Waals surface area (Å²) < 4.78 is 4.65. The van der Waals surface area contributed by atoms with Gasteiger partial charge in [0.1, 0.15) is 0 Å². The first-order valence-corrected chi connectivity index (χ1v) is 3.71. The van der Waals surface area contributed by atoms with Crippen LogP contribution >= 0.6 is 12.6 Å². The first-order valence-electron chi connectivity index (χ1n) is 3.27. The van der Waals surface area contributed by atoms with Crippen LogP contribution in [-0.4, -0.2) is 12.6 Å². The van der Waals surface area contributed by atoms with Crippen molar-refractivity contribution in [3.05, 3.63) is 11.0 Å². The van der Waals surface area contributed by atoms with Crippen LogP contribution in [0.5, 0.6) is 0 Å². The SMILES string of the molecule is CCOC(=O)/C=C(\S)CC. The van der Waals surface area contributed by atoms with Crippen molar-refractivity contribution in [2.24, 2.45) is 0 Å². The number of rotatable bonds is 3. The predicted molar refractivity (Wildman–Crippen MR) is 44.0 cm³/mol. The lowest BCUT2D eigenvalue weighted by Gasteiger charge is -1.95. The molecule has 0 aliphatic heterocycles. The van der Waals surface area contributed by atoms with Gasteiger partial charge in [0, 0.05) is 6.08 Å². The summed E-state index contributed by atoms with van der Waals surface area (Å²) in [4.78, 5) is 11.4. The van der Waals surface area contributed by atoms with Crippen LogP contribution < -0.4 is 0 Å². The fraction of sp³-hybridized carbons (Fsp3) is 0.571. The van der Waals surface area contributed by atoms with Crippen LogP contribution in [-0.2, 0) is 9.53 Å². The highest BCUT2D eigenvalue weighted by Crippen LogP contribution is 2.04. The van der Waals surface area contributed by atoms with Gasteiger partial charge in [-0.05, 0) is 18.2 Å². The van der Waals surface area contributed by atoms with Crippen molar-refractivity contribution in [3.63, 3.8) is 0 Å². The minimum atomic E-state index is -0.311. The lowest BCUT2D eigenvalue weighted by molar-refractivity contribution is -0.137. The molecule has 0 spiro atoms. The molecule has 0 unspecified atom stereocenters. The molecule has 0 aliphatic carbocycles. The maximum atomic E-state index is 10.7. The maximum absolute atomic E-state index is 10.7. The number of esters is 1. The normalized spacial score (nSPS) is 11.3. The van der Waals surface area contributed by atoms with Gasteiger partial charge in [-0.15, -0.1) is 12.6 Å². The number of hydrogen-bond acceptors (Lipinski definition) is 3. The zero-order valence-electron chi connectivity index (χ0n) is 6.26. The molecule has 0 atom stereocenters. The second-order valence-electron chi connectivity index (χ2n) is 1.74. The molecule has 0 aliphatic rings. The molecule has 0 fully saturated rings. The molecule has 0 radical (unpaired) electrons. The van der Waals surface area contributed by atoms with Crippen molar-refractivity contribution < 1.29 is 9.53 Å². The van der Waals surface area contributed by atoms with Crippen LogP contribution in [0.1, 0.15) is 20.3 Å². The van der Waals surface area contributed by atoms with Gasteiger partial charge in [0.15, 0.2) is 0 Å². The average Bonchev–Trinajstić information content (AvgIpc) is 1.88. The summed E-state index contributed by atoms with van der Waals surface area (Å²) in [6.07, 6.45) is 2.16. The van der Waals surface area contributed by atoms with Crippen LogP contribution in [0, 0.1) is 0 Å². The van der Waals surface area contributed by atoms with E-state index < -0.39 is 0 Å². The highest BCUT2D eigenvalue weighted by atomic mass is 32.1. The largest absolute Gasteiger partial charge is 0.463 e. The quantitative estimate of drug-likeness (QED) is 0.387. The Morgan fingerprint density at radius 1 is 1.60 bits per heavy atom. The maximum Gasteiger partial charge on any atom is 0.331 e. The van der Waals surface area contributed by atoms with Gasteiger partial charge >= 0.3 is 5.97 Å². The highest BCUT2D eigenvalue weighted by molar-refractivity contribution is 7.84. The van der Waals surface area contributed by atoms with Crippen LogP contribution in [0.25, 0.3) is 0 Å². The lowest BCUT2D eigenvalue weighted by Crippen LogP contribution is -1.99. The molecule has 0 saturated carbocycles. The molecule has 0 rings (SSSR count). The molecule has 2 nitrogen and oxygen atoms in total. The van der Waals surface area contributed by atoms with Crippen molar-refractivity contribution in [2.75, 3.05) is 6.61 Å². The number of carbonyl (C=O) groups is 1. The van der Waals surface area contributed by atoms with E-state index in [2.05, 4.69) is 17.4 Å². The van der Waals surface area contributed by atoms with Gasteiger partial charge in [0.2, 0.25) is 0 Å². The molecule has 0 amide bonds. The first kappa shape index (κ1) is 9.56. The van der Waals surface area contributed by atoms with E-state index in [9.17, 15) is 4.79 Å². The molecular weight excluding hydrogens is 148 g/mol. The molecule has 10 heavy (non-hydrogen) atoms. The van der Waals surface area contributed by atoms with E-state index in [1.54, 1.807) is 6.92 Å². The first-order chi connectivity index (χ1) is 4.70. The van der Waals surface area contributed by atoms with E-state index in [0.29, 0.717) is 6.61 Å². The number of ether oxygens (including phenoxy) is 1. The molecule has 0 aromatic heterocycles. The number of thiol groups is 1. The van der Waals surface area contributed by atoms with E-state index in [1.165, 1.54) is 6.08 Å². The average molecular weight is 160 g/mol. The number of hydrogen-bond donors (Lipinski definition) is 1. The number of allylic oxidation sites excluding steroid dienone is 1. The fourth-order valence-corrected chi connectivity index (χ4v) is 0.527. The van der Waals surface area contributed by atoms with Crippen LogP contribution in [0.15, 0.2) is 11.0 Å². The summed E-state index contributed by atoms with van der Waals surface area (Å²) in [6, 6.07) is 0. The zero-order valence-corrected chi connectivity index (χ0v) is 7.15. The Morgan fingerprint density at radius 3 is 2.60 bits per heavy atom. The molecule has 0 N–H and O–H groups in total. The van der Waals surface area contributed by atoms with E-state index in [4.69, 9.17) is 0 Å². The molecule has 0 heterocycles. The van der Waals surface area contributed by atoms with E-state index in [0.717, 1.165) is 11.3 Å². The van der Waals surface area contributed by atoms with Gasteiger partial charge in [0.25, 0.3) is 0 Å². The summed E-state index contributed by atoms with van der Waals surface area (Å²) in [7, 11) is 0. The molecule has 0 aromatic carbocycles. The minimum Gasteiger partial charge on any atom is -0.463 e. The molecule has 0 saturated heterocycles. The molecule has 58 valence electrons. The summed E-state index contributed by atoms with van der Waals surface area (Å²) in [5.74, 6) is -0.311. The van der Waals surface area contributed by atoms with E-state index in [-0.39, 0.29) is 5.97 Å². The Hall–Kier alpha value is -0.440. The second kappa shape index (κ2) is 5.35. The fourth-order valence-electron chi connectivity index (χ4n) is 0.422. The van der Waals surface area contributed by atoms with E-state index >= 15 is 0 Å². The van der Waals surface area contributed by atoms with Crippen molar-refractivity contribution in [1.29, 1.82) is 0 Å². The lowest BCUT2D eigenvalue weighted by atomic mass is 10.4. The molecule has 0 aromatic rings. The Bertz CT molecular complexity index is 141. The minimum absolute atomic E-state index is 0.311. The molecule has 3 heteroatoms. The van der Waals surface area contributed by atoms with Gasteiger partial charge in [-0.25, -0.2) is 4.79 Å². The standard InChI is InChI=1S/C7H12O2S/c1-3-6(10)5-7(8)9-4-2/h5,10H,3-4H2,1-2H3/b6-5-. The Balaban J connectivity index is 3.75. The highest BCUT2D eigenvalue weighted by Gasteiger charge is 1.95. The Morgan fingerprint density at radius 2 is 2.20 bits per heavy atom. The van der Waals surface area contributed by atoms with Crippen molar-refractivity contribution in [1.82, 2.24) is 0 Å². The van der Waals surface area contributed by atoms with Crippen LogP contribution in [0.3, 0.4) is 0 Å². The summed E-state index contributed by atoms with van der Waals surface area (Å²) >= 11 is 4.02. The van der Waals surface area contributed by atoms with Gasteiger partial charge < -0.3 is 4.74 Å². The van der Waals surface area contributed by atoms with Gasteiger partial charge in [0.05, 0.1) is 6.61 Å². The zero-order chi connectivity index (χ0) is 7.98.